The minimum atomic E-state index is -0.556. The fourth-order valence-corrected chi connectivity index (χ4v) is 3.44. The van der Waals surface area contributed by atoms with Crippen LogP contribution in [0.3, 0.4) is 0 Å². The Morgan fingerprint density at radius 1 is 1.37 bits per heavy atom. The van der Waals surface area contributed by atoms with Crippen molar-refractivity contribution in [1.82, 2.24) is 14.6 Å². The Balaban J connectivity index is 1.74. The van der Waals surface area contributed by atoms with Gasteiger partial charge in [0.25, 0.3) is 5.69 Å². The van der Waals surface area contributed by atoms with Gasteiger partial charge < -0.3 is 10.1 Å². The minimum Gasteiger partial charge on any atom is -0.495 e. The number of pyridine rings is 1. The fourth-order valence-electron chi connectivity index (χ4n) is 2.22. The molecule has 0 saturated heterocycles. The molecule has 12 heteroatoms. The van der Waals surface area contributed by atoms with E-state index >= 15 is 0 Å². The van der Waals surface area contributed by atoms with Gasteiger partial charge in [-0.05, 0) is 12.1 Å². The number of thioether (sulfide) groups is 1. The molecule has 3 aromatic rings. The molecular weight excluding hydrogens is 417 g/mol. The molecule has 2 aromatic heterocycles. The summed E-state index contributed by atoms with van der Waals surface area (Å²) >= 11 is 13.1. The van der Waals surface area contributed by atoms with Gasteiger partial charge in [-0.3, -0.25) is 19.3 Å². The summed E-state index contributed by atoms with van der Waals surface area (Å²) in [6.45, 7) is 0. The number of nitrogens with zero attached hydrogens (tertiary/aromatic N) is 4. The first kappa shape index (κ1) is 19.2. The van der Waals surface area contributed by atoms with Crippen molar-refractivity contribution in [1.29, 1.82) is 0 Å². The molecule has 0 unspecified atom stereocenters. The monoisotopic (exact) mass is 427 g/mol. The van der Waals surface area contributed by atoms with Crippen LogP contribution in [0, 0.1) is 10.1 Å². The van der Waals surface area contributed by atoms with Crippen LogP contribution in [0.1, 0.15) is 0 Å². The number of aromatic nitrogens is 3. The van der Waals surface area contributed by atoms with Crippen molar-refractivity contribution in [2.45, 2.75) is 5.16 Å². The molecule has 2 heterocycles. The maximum atomic E-state index is 12.3. The Morgan fingerprint density at radius 3 is 2.85 bits per heavy atom. The zero-order valence-electron chi connectivity index (χ0n) is 13.7. The smallest absolute Gasteiger partial charge is 0.271 e. The number of benzene rings is 1. The van der Waals surface area contributed by atoms with Gasteiger partial charge in [-0.1, -0.05) is 35.0 Å². The van der Waals surface area contributed by atoms with Crippen molar-refractivity contribution in [3.63, 3.8) is 0 Å². The Hall–Kier alpha value is -2.56. The third-order valence-electron chi connectivity index (χ3n) is 3.40. The van der Waals surface area contributed by atoms with E-state index in [9.17, 15) is 14.9 Å². The standard InChI is InChI=1S/C15H11Cl2N5O4S/c1-26-12-3-2-9(22(24)25)5-11(12)18-13(23)7-27-15-20-19-14-10(17)4-8(16)6-21(14)15/h2-6H,7H2,1H3,(H,18,23). The SMILES string of the molecule is COc1ccc([N+](=O)[O-])cc1NC(=O)CSc1nnc2c(Cl)cc(Cl)cn12. The summed E-state index contributed by atoms with van der Waals surface area (Å²) in [7, 11) is 1.40. The number of halogens is 2. The summed E-state index contributed by atoms with van der Waals surface area (Å²) < 4.78 is 6.70. The highest BCUT2D eigenvalue weighted by Crippen LogP contribution is 2.29. The number of rotatable bonds is 6. The van der Waals surface area contributed by atoms with Crippen molar-refractivity contribution in [3.8, 4) is 5.75 Å². The molecule has 0 atom stereocenters. The molecular formula is C15H11Cl2N5O4S. The fraction of sp³-hybridized carbons (Fsp3) is 0.133. The molecule has 140 valence electrons. The van der Waals surface area contributed by atoms with E-state index in [1.54, 1.807) is 16.7 Å². The average molecular weight is 428 g/mol. The zero-order chi connectivity index (χ0) is 19.6. The van der Waals surface area contributed by atoms with Crippen LogP contribution in [0.5, 0.6) is 5.75 Å². The molecule has 27 heavy (non-hydrogen) atoms. The number of hydrogen-bond donors (Lipinski definition) is 1. The van der Waals surface area contributed by atoms with Crippen LogP contribution >= 0.6 is 35.0 Å². The summed E-state index contributed by atoms with van der Waals surface area (Å²) in [5.74, 6) is -0.106. The van der Waals surface area contributed by atoms with Crippen LogP contribution in [0.15, 0.2) is 35.6 Å². The summed E-state index contributed by atoms with van der Waals surface area (Å²) in [5, 5.41) is 22.6. The Labute approximate surface area is 166 Å². The van der Waals surface area contributed by atoms with Gasteiger partial charge in [0.05, 0.1) is 33.5 Å². The van der Waals surface area contributed by atoms with Crippen LogP contribution in [0.4, 0.5) is 11.4 Å². The topological polar surface area (TPSA) is 112 Å². The lowest BCUT2D eigenvalue weighted by molar-refractivity contribution is -0.384. The van der Waals surface area contributed by atoms with Gasteiger partial charge in [0.1, 0.15) is 5.75 Å². The number of fused-ring (bicyclic) bond motifs is 1. The highest BCUT2D eigenvalue weighted by atomic mass is 35.5. The molecule has 0 saturated carbocycles. The number of methoxy groups -OCH3 is 1. The summed E-state index contributed by atoms with van der Waals surface area (Å²) in [4.78, 5) is 22.6. The van der Waals surface area contributed by atoms with Crippen LogP contribution in [-0.4, -0.2) is 38.3 Å². The number of amides is 1. The van der Waals surface area contributed by atoms with Crippen molar-refractivity contribution in [3.05, 3.63) is 50.6 Å². The summed E-state index contributed by atoms with van der Waals surface area (Å²) in [6.07, 6.45) is 1.59. The van der Waals surface area contributed by atoms with Gasteiger partial charge in [-0.25, -0.2) is 0 Å². The summed E-state index contributed by atoms with van der Waals surface area (Å²) in [6, 6.07) is 5.48. The van der Waals surface area contributed by atoms with E-state index in [0.29, 0.717) is 26.6 Å². The first-order chi connectivity index (χ1) is 12.9. The van der Waals surface area contributed by atoms with Gasteiger partial charge >= 0.3 is 0 Å². The molecule has 0 aliphatic heterocycles. The van der Waals surface area contributed by atoms with Gasteiger partial charge in [0.15, 0.2) is 10.8 Å². The molecule has 1 aromatic carbocycles. The van der Waals surface area contributed by atoms with Gasteiger partial charge in [-0.2, -0.15) is 0 Å². The molecule has 0 radical (unpaired) electrons. The Kier molecular flexibility index (Phi) is 5.68. The lowest BCUT2D eigenvalue weighted by atomic mass is 10.2. The van der Waals surface area contributed by atoms with Gasteiger partial charge in [0.2, 0.25) is 5.91 Å². The zero-order valence-corrected chi connectivity index (χ0v) is 16.0. The van der Waals surface area contributed by atoms with Gasteiger partial charge in [0, 0.05) is 18.3 Å². The molecule has 9 nitrogen and oxygen atoms in total. The first-order valence-electron chi connectivity index (χ1n) is 7.34. The van der Waals surface area contributed by atoms with E-state index in [0.717, 1.165) is 11.8 Å². The second-order valence-corrected chi connectivity index (χ2v) is 6.95. The van der Waals surface area contributed by atoms with Crippen molar-refractivity contribution in [2.24, 2.45) is 0 Å². The van der Waals surface area contributed by atoms with Crippen molar-refractivity contribution in [2.75, 3.05) is 18.2 Å². The van der Waals surface area contributed by atoms with E-state index in [1.165, 1.54) is 25.3 Å². The summed E-state index contributed by atoms with van der Waals surface area (Å²) in [5.41, 5.74) is 0.463. The molecule has 0 spiro atoms. The minimum absolute atomic E-state index is 0.0171. The van der Waals surface area contributed by atoms with E-state index < -0.39 is 10.8 Å². The quantitative estimate of drug-likeness (QED) is 0.362. The molecule has 0 aliphatic carbocycles. The molecule has 0 fully saturated rings. The first-order valence-corrected chi connectivity index (χ1v) is 9.08. The predicted octanol–water partition coefficient (Wildman–Crippen LogP) is 3.68. The number of nitrogens with one attached hydrogen (secondary N) is 1. The normalized spacial score (nSPS) is 10.8. The van der Waals surface area contributed by atoms with Crippen LogP contribution in [0.2, 0.25) is 10.0 Å². The number of nitro benzene ring substituents is 1. The molecule has 1 N–H and O–H groups in total. The van der Waals surface area contributed by atoms with Crippen molar-refractivity contribution < 1.29 is 14.5 Å². The lowest BCUT2D eigenvalue weighted by Gasteiger charge is -2.09. The van der Waals surface area contributed by atoms with E-state index in [1.807, 2.05) is 0 Å². The Morgan fingerprint density at radius 2 is 2.15 bits per heavy atom. The number of nitro groups is 1. The average Bonchev–Trinajstić information content (AvgIpc) is 3.03. The van der Waals surface area contributed by atoms with Crippen LogP contribution in [-0.2, 0) is 4.79 Å². The van der Waals surface area contributed by atoms with Crippen LogP contribution in [0.25, 0.3) is 5.65 Å². The van der Waals surface area contributed by atoms with E-state index in [2.05, 4.69) is 15.5 Å². The molecule has 1 amide bonds. The number of non-ortho nitro benzene ring substituents is 1. The molecule has 0 bridgehead atoms. The van der Waals surface area contributed by atoms with Crippen LogP contribution < -0.4 is 10.1 Å². The Bertz CT molecular complexity index is 1040. The number of hydrogen-bond acceptors (Lipinski definition) is 7. The third kappa shape index (κ3) is 4.24. The lowest BCUT2D eigenvalue weighted by Crippen LogP contribution is -2.15. The maximum Gasteiger partial charge on any atom is 0.271 e. The second-order valence-electron chi connectivity index (χ2n) is 5.16. The number of anilines is 1. The largest absolute Gasteiger partial charge is 0.495 e. The number of carbonyl (C=O) groups excluding carboxylic acids is 1. The maximum absolute atomic E-state index is 12.3. The highest BCUT2D eigenvalue weighted by molar-refractivity contribution is 7.99. The second kappa shape index (κ2) is 7.99. The van der Waals surface area contributed by atoms with Gasteiger partial charge in [-0.15, -0.1) is 10.2 Å². The molecule has 3 rings (SSSR count). The number of ether oxygens (including phenoxy) is 1. The third-order valence-corrected chi connectivity index (χ3v) is 4.82. The van der Waals surface area contributed by atoms with Crippen molar-refractivity contribution >= 4 is 57.9 Å². The molecule has 0 aliphatic rings. The number of carbonyl (C=O) groups is 1. The van der Waals surface area contributed by atoms with E-state index in [4.69, 9.17) is 27.9 Å². The predicted molar refractivity (Wildman–Crippen MR) is 102 cm³/mol. The highest BCUT2D eigenvalue weighted by Gasteiger charge is 2.16. The van der Waals surface area contributed by atoms with E-state index in [-0.39, 0.29) is 17.1 Å².